The molecule has 2 bridgehead atoms. The second-order valence-corrected chi connectivity index (χ2v) is 8.71. The van der Waals surface area contributed by atoms with E-state index in [-0.39, 0.29) is 17.1 Å². The van der Waals surface area contributed by atoms with Crippen LogP contribution in [-0.2, 0) is 17.1 Å². The van der Waals surface area contributed by atoms with E-state index in [0.717, 1.165) is 26.2 Å². The van der Waals surface area contributed by atoms with Gasteiger partial charge >= 0.3 is 17.1 Å². The van der Waals surface area contributed by atoms with Crippen LogP contribution in [0.1, 0.15) is 19.3 Å². The molecule has 0 spiro atoms. The van der Waals surface area contributed by atoms with Gasteiger partial charge in [-0.25, -0.2) is 37.3 Å². The number of piperazine rings is 1. The van der Waals surface area contributed by atoms with Gasteiger partial charge in [-0.2, -0.15) is 5.26 Å². The van der Waals surface area contributed by atoms with E-state index < -0.39 is 20.5 Å². The van der Waals surface area contributed by atoms with Crippen molar-refractivity contribution in [2.75, 3.05) is 79.0 Å². The minimum absolute atomic E-state index is 0. The van der Waals surface area contributed by atoms with Crippen LogP contribution in [0.2, 0.25) is 0 Å². The molecule has 3 aliphatic rings. The molecular formula is C16H31Cl2CuN5O8. The minimum Gasteiger partial charge on any atom is -0.305 e. The van der Waals surface area contributed by atoms with E-state index in [1.807, 2.05) is 0 Å². The molecule has 3 heterocycles. The number of nitriles is 1. The number of likely N-dealkylation sites (N-methyl/N-ethyl adjacent to an activating group) is 1. The van der Waals surface area contributed by atoms with E-state index in [1.165, 1.54) is 58.7 Å². The Morgan fingerprint density at radius 1 is 0.656 bits per heavy atom. The third-order valence-corrected chi connectivity index (χ3v) is 4.77. The molecule has 3 aliphatic heterocycles. The summed E-state index contributed by atoms with van der Waals surface area (Å²) in [4.78, 5) is 10.1. The molecule has 0 unspecified atom stereocenters. The summed E-state index contributed by atoms with van der Waals surface area (Å²) in [6, 6.07) is 2.29. The maximum atomic E-state index is 8.81. The summed E-state index contributed by atoms with van der Waals surface area (Å²) in [6.07, 6.45) is 3.16. The number of rotatable bonds is 2. The average molecular weight is 556 g/mol. The van der Waals surface area contributed by atoms with E-state index in [2.05, 4.69) is 32.7 Å². The number of nitrogens with zero attached hydrogens (tertiary/aromatic N) is 5. The second kappa shape index (κ2) is 18.4. The molecule has 16 heteroatoms. The Balaban J connectivity index is 0. The Kier molecular flexibility index (Phi) is 19.8. The predicted octanol–water partition coefficient (Wildman–Crippen LogP) is -8.97. The first-order chi connectivity index (χ1) is 14.3. The zero-order valence-corrected chi connectivity index (χ0v) is 20.4. The molecule has 13 nitrogen and oxygen atoms in total. The zero-order chi connectivity index (χ0) is 23.9. The molecule has 0 atom stereocenters. The third-order valence-electron chi connectivity index (χ3n) is 4.77. The number of fused-ring (bicyclic) bond motifs is 11. The molecule has 0 aromatic rings. The quantitative estimate of drug-likeness (QED) is 0.289. The van der Waals surface area contributed by atoms with Crippen molar-refractivity contribution in [3.8, 4) is 6.07 Å². The first-order valence-electron chi connectivity index (χ1n) is 9.74. The van der Waals surface area contributed by atoms with Gasteiger partial charge in [0, 0.05) is 52.2 Å². The van der Waals surface area contributed by atoms with Gasteiger partial charge in [-0.15, -0.1) is 20.5 Å². The molecule has 0 aromatic heterocycles. The smallest absolute Gasteiger partial charge is 0.305 e. The molecule has 1 radical (unpaired) electrons. The van der Waals surface area contributed by atoms with Gasteiger partial charge in [0.05, 0.1) is 6.07 Å². The van der Waals surface area contributed by atoms with E-state index in [9.17, 15) is 0 Å². The first-order valence-corrected chi connectivity index (χ1v) is 12.2. The van der Waals surface area contributed by atoms with Gasteiger partial charge in [0.1, 0.15) is 0 Å². The maximum Gasteiger partial charge on any atom is 2.00 e. The molecule has 3 fully saturated rings. The molecule has 3 rings (SSSR count). The van der Waals surface area contributed by atoms with E-state index in [4.69, 9.17) is 42.5 Å². The zero-order valence-electron chi connectivity index (χ0n) is 18.0. The average Bonchev–Trinajstić information content (AvgIpc) is 2.61. The molecule has 0 saturated carbocycles. The molecule has 0 aliphatic carbocycles. The largest absolute Gasteiger partial charge is 2.00 e. The standard InChI is InChI=1S/C16H31N5.2ClHO4.Cu/c1-18-6-3-8-20-13-15-21(16-14-20)10-4-9-19(12-11-18)7-2-5-17;2*2-1(3,4)5;/h2-4,6-16H2,1H3;2*(H,2,3,4,5);/q;;;+2/p-2. The van der Waals surface area contributed by atoms with Crippen LogP contribution in [0.15, 0.2) is 0 Å². The van der Waals surface area contributed by atoms with E-state index >= 15 is 0 Å². The fraction of sp³-hybridized carbons (Fsp3) is 0.938. The van der Waals surface area contributed by atoms with Gasteiger partial charge in [0.2, 0.25) is 0 Å². The first kappa shape index (κ1) is 34.3. The Morgan fingerprint density at radius 2 is 1.06 bits per heavy atom. The Bertz CT molecular complexity index is 478. The summed E-state index contributed by atoms with van der Waals surface area (Å²) in [7, 11) is -7.66. The van der Waals surface area contributed by atoms with Crippen LogP contribution in [0.25, 0.3) is 0 Å². The predicted molar refractivity (Wildman–Crippen MR) is 86.3 cm³/mol. The minimum atomic E-state index is -4.94. The van der Waals surface area contributed by atoms with Crippen LogP contribution in [0, 0.1) is 31.8 Å². The number of hydrogen-bond acceptors (Lipinski definition) is 13. The van der Waals surface area contributed by atoms with Crippen LogP contribution in [0.5, 0.6) is 0 Å². The van der Waals surface area contributed by atoms with Crippen LogP contribution >= 0.6 is 0 Å². The van der Waals surface area contributed by atoms with Gasteiger partial charge in [-0.05, 0) is 46.1 Å². The van der Waals surface area contributed by atoms with Crippen molar-refractivity contribution in [2.24, 2.45) is 0 Å². The summed E-state index contributed by atoms with van der Waals surface area (Å²) in [6.45, 7) is 12.9. The molecule has 3 saturated heterocycles. The van der Waals surface area contributed by atoms with Gasteiger partial charge in [0.15, 0.2) is 0 Å². The summed E-state index contributed by atoms with van der Waals surface area (Å²) >= 11 is 0. The van der Waals surface area contributed by atoms with Crippen molar-refractivity contribution in [1.82, 2.24) is 19.6 Å². The third kappa shape index (κ3) is 26.4. The molecule has 193 valence electrons. The molecule has 32 heavy (non-hydrogen) atoms. The summed E-state index contributed by atoms with van der Waals surface area (Å²) in [5.41, 5.74) is 0. The summed E-state index contributed by atoms with van der Waals surface area (Å²) in [5.74, 6) is 0. The van der Waals surface area contributed by atoms with Gasteiger partial charge in [0.25, 0.3) is 0 Å². The Morgan fingerprint density at radius 3 is 1.47 bits per heavy atom. The van der Waals surface area contributed by atoms with E-state index in [0.29, 0.717) is 6.42 Å². The second-order valence-electron chi connectivity index (χ2n) is 7.20. The van der Waals surface area contributed by atoms with Crippen LogP contribution in [0.4, 0.5) is 0 Å². The fourth-order valence-electron chi connectivity index (χ4n) is 3.29. The van der Waals surface area contributed by atoms with E-state index in [1.54, 1.807) is 0 Å². The maximum absolute atomic E-state index is 8.81. The van der Waals surface area contributed by atoms with Crippen LogP contribution in [-0.4, -0.2) is 98.6 Å². The van der Waals surface area contributed by atoms with Crippen molar-refractivity contribution in [2.45, 2.75) is 19.3 Å². The topological polar surface area (TPSA) is 221 Å². The van der Waals surface area contributed by atoms with Gasteiger partial charge in [-0.1, -0.05) is 0 Å². The van der Waals surface area contributed by atoms with Crippen molar-refractivity contribution < 1.29 is 74.8 Å². The SMILES string of the molecule is CN1CCCN2CCN(CCCN(CCC#N)CC1)CC2.[Cu+2].[O-][Cl+3]([O-])([O-])[O-].[O-][Cl+3]([O-])([O-])[O-]. The normalized spacial score (nSPS) is 23.9. The molecule has 0 amide bonds. The number of hydrogen-bond donors (Lipinski definition) is 0. The van der Waals surface area contributed by atoms with Crippen molar-refractivity contribution in [1.29, 1.82) is 5.26 Å². The van der Waals surface area contributed by atoms with Gasteiger partial charge < -0.3 is 19.6 Å². The molecular weight excluding hydrogens is 525 g/mol. The van der Waals surface area contributed by atoms with Crippen molar-refractivity contribution in [3.63, 3.8) is 0 Å². The molecule has 0 N–H and O–H groups in total. The number of halogens is 2. The van der Waals surface area contributed by atoms with Crippen molar-refractivity contribution >= 4 is 0 Å². The van der Waals surface area contributed by atoms with Crippen LogP contribution < -0.4 is 37.3 Å². The van der Waals surface area contributed by atoms with Crippen molar-refractivity contribution in [3.05, 3.63) is 0 Å². The monoisotopic (exact) mass is 554 g/mol. The Labute approximate surface area is 204 Å². The summed E-state index contributed by atoms with van der Waals surface area (Å²) < 4.78 is 67.9. The Hall–Kier alpha value is 0.109. The fourth-order valence-corrected chi connectivity index (χ4v) is 3.29. The molecule has 0 aromatic carbocycles. The summed E-state index contributed by atoms with van der Waals surface area (Å²) in [5, 5.41) is 8.81. The van der Waals surface area contributed by atoms with Crippen LogP contribution in [0.3, 0.4) is 0 Å². The van der Waals surface area contributed by atoms with Gasteiger partial charge in [-0.3, -0.25) is 0 Å².